The van der Waals surface area contributed by atoms with Gasteiger partial charge in [0.1, 0.15) is 0 Å². The molecule has 1 heterocycles. The van der Waals surface area contributed by atoms with Gasteiger partial charge in [-0.3, -0.25) is 9.59 Å². The van der Waals surface area contributed by atoms with Gasteiger partial charge in [0.05, 0.1) is 12.5 Å². The fourth-order valence-corrected chi connectivity index (χ4v) is 2.52. The van der Waals surface area contributed by atoms with E-state index >= 15 is 0 Å². The Bertz CT molecular complexity index is 325. The fraction of sp³-hybridized carbons (Fsp3) is 0.857. The van der Waals surface area contributed by atoms with Gasteiger partial charge < -0.3 is 20.4 Å². The maximum Gasteiger partial charge on any atom is 0.306 e. The van der Waals surface area contributed by atoms with Crippen molar-refractivity contribution in [1.82, 2.24) is 10.2 Å². The Kier molecular flexibility index (Phi) is 6.95. The number of aliphatic hydroxyl groups is 1. The molecule has 0 aromatic rings. The van der Waals surface area contributed by atoms with E-state index in [1.54, 1.807) is 4.90 Å². The second-order valence-corrected chi connectivity index (χ2v) is 5.74. The third kappa shape index (κ3) is 5.09. The number of piperidine rings is 1. The number of nitrogens with one attached hydrogen (secondary N) is 1. The highest BCUT2D eigenvalue weighted by atomic mass is 16.4. The van der Waals surface area contributed by atoms with Gasteiger partial charge in [-0.05, 0) is 25.2 Å². The zero-order chi connectivity index (χ0) is 15.1. The number of rotatable bonds is 7. The molecule has 1 saturated heterocycles. The molecular weight excluding hydrogens is 260 g/mol. The fourth-order valence-electron chi connectivity index (χ4n) is 2.52. The molecule has 0 aliphatic carbocycles. The molecule has 0 bridgehead atoms. The van der Waals surface area contributed by atoms with Gasteiger partial charge in [0.25, 0.3) is 0 Å². The van der Waals surface area contributed by atoms with Crippen molar-refractivity contribution in [3.63, 3.8) is 0 Å². The second-order valence-electron chi connectivity index (χ2n) is 5.74. The number of aliphatic hydroxyl groups excluding tert-OH is 1. The lowest BCUT2D eigenvalue weighted by atomic mass is 9.97. The van der Waals surface area contributed by atoms with Crippen LogP contribution in [0.4, 0.5) is 0 Å². The maximum absolute atomic E-state index is 12.1. The number of carbonyl (C=O) groups is 2. The summed E-state index contributed by atoms with van der Waals surface area (Å²) in [6, 6.07) is 0.125. The van der Waals surface area contributed by atoms with E-state index in [2.05, 4.69) is 19.2 Å². The number of carbonyl (C=O) groups excluding carboxylic acids is 1. The van der Waals surface area contributed by atoms with Crippen LogP contribution in [0.2, 0.25) is 0 Å². The Hall–Kier alpha value is -1.14. The predicted molar refractivity (Wildman–Crippen MR) is 75.3 cm³/mol. The molecule has 1 aliphatic rings. The first-order chi connectivity index (χ1) is 9.45. The normalized spacial score (nSPS) is 18.3. The van der Waals surface area contributed by atoms with Crippen molar-refractivity contribution in [2.24, 2.45) is 11.8 Å². The van der Waals surface area contributed by atoms with Crippen molar-refractivity contribution >= 4 is 11.9 Å². The Morgan fingerprint density at radius 2 is 1.90 bits per heavy atom. The van der Waals surface area contributed by atoms with Gasteiger partial charge >= 0.3 is 5.97 Å². The largest absolute Gasteiger partial charge is 0.481 e. The quantitative estimate of drug-likeness (QED) is 0.626. The molecule has 1 fully saturated rings. The van der Waals surface area contributed by atoms with Crippen LogP contribution in [-0.4, -0.2) is 59.3 Å². The van der Waals surface area contributed by atoms with Gasteiger partial charge in [-0.15, -0.1) is 0 Å². The lowest BCUT2D eigenvalue weighted by Crippen LogP contribution is -2.47. The van der Waals surface area contributed by atoms with Crippen LogP contribution >= 0.6 is 0 Å². The van der Waals surface area contributed by atoms with Gasteiger partial charge in [0.15, 0.2) is 0 Å². The summed E-state index contributed by atoms with van der Waals surface area (Å²) in [7, 11) is 0. The van der Waals surface area contributed by atoms with Crippen LogP contribution in [0.25, 0.3) is 0 Å². The molecule has 116 valence electrons. The number of nitrogens with zero attached hydrogens (tertiary/aromatic N) is 1. The van der Waals surface area contributed by atoms with Crippen LogP contribution in [-0.2, 0) is 9.59 Å². The summed E-state index contributed by atoms with van der Waals surface area (Å²) in [5.74, 6) is -0.715. The molecule has 0 aromatic heterocycles. The van der Waals surface area contributed by atoms with Crippen LogP contribution in [0.3, 0.4) is 0 Å². The number of hydrogen-bond donors (Lipinski definition) is 3. The highest BCUT2D eigenvalue weighted by Crippen LogP contribution is 2.17. The molecule has 20 heavy (non-hydrogen) atoms. The lowest BCUT2D eigenvalue weighted by molar-refractivity contribution is -0.145. The Morgan fingerprint density at radius 1 is 1.30 bits per heavy atom. The summed E-state index contributed by atoms with van der Waals surface area (Å²) in [5.41, 5.74) is 0. The van der Waals surface area contributed by atoms with Crippen LogP contribution < -0.4 is 5.32 Å². The molecule has 0 saturated carbocycles. The van der Waals surface area contributed by atoms with Crippen molar-refractivity contribution < 1.29 is 19.8 Å². The van der Waals surface area contributed by atoms with E-state index in [0.717, 1.165) is 0 Å². The lowest BCUT2D eigenvalue weighted by Gasteiger charge is -2.31. The molecule has 1 rings (SSSR count). The molecule has 6 nitrogen and oxygen atoms in total. The zero-order valence-corrected chi connectivity index (χ0v) is 12.3. The van der Waals surface area contributed by atoms with Gasteiger partial charge in [-0.25, -0.2) is 0 Å². The molecule has 0 radical (unpaired) electrons. The van der Waals surface area contributed by atoms with E-state index in [0.29, 0.717) is 38.3 Å². The number of aliphatic carboxylic acids is 1. The minimum Gasteiger partial charge on any atom is -0.481 e. The standard InChI is InChI=1S/C14H26N2O4/c1-10(2)12(5-8-17)15-9-13(18)16-6-3-11(4-7-16)14(19)20/h10-12,15,17H,3-9H2,1-2H3,(H,19,20). The molecule has 0 spiro atoms. The first-order valence-electron chi connectivity index (χ1n) is 7.30. The summed E-state index contributed by atoms with van der Waals surface area (Å²) in [6.45, 7) is 5.49. The van der Waals surface area contributed by atoms with E-state index in [1.165, 1.54) is 0 Å². The van der Waals surface area contributed by atoms with E-state index < -0.39 is 5.97 Å². The number of amides is 1. The van der Waals surface area contributed by atoms with Gasteiger partial charge in [0.2, 0.25) is 5.91 Å². The molecule has 1 atom stereocenters. The Labute approximate surface area is 120 Å². The minimum absolute atomic E-state index is 0.0115. The third-order valence-corrected chi connectivity index (χ3v) is 3.96. The molecule has 0 aromatic carbocycles. The second kappa shape index (κ2) is 8.21. The number of carboxylic acid groups (broad SMARTS) is 1. The summed E-state index contributed by atoms with van der Waals surface area (Å²) < 4.78 is 0. The SMILES string of the molecule is CC(C)C(CCO)NCC(=O)N1CCC(C(=O)O)CC1. The molecule has 1 unspecified atom stereocenters. The first kappa shape index (κ1) is 16.9. The predicted octanol–water partition coefficient (Wildman–Crippen LogP) is 0.306. The Balaban J connectivity index is 2.34. The molecule has 6 heteroatoms. The average Bonchev–Trinajstić information content (AvgIpc) is 2.42. The Morgan fingerprint density at radius 3 is 2.35 bits per heavy atom. The van der Waals surface area contributed by atoms with Crippen LogP contribution in [0.15, 0.2) is 0 Å². The highest BCUT2D eigenvalue weighted by molar-refractivity contribution is 5.79. The van der Waals surface area contributed by atoms with E-state index in [1.807, 2.05) is 0 Å². The van der Waals surface area contributed by atoms with E-state index in [9.17, 15) is 9.59 Å². The van der Waals surface area contributed by atoms with Crippen LogP contribution in [0.5, 0.6) is 0 Å². The number of hydrogen-bond acceptors (Lipinski definition) is 4. The van der Waals surface area contributed by atoms with Gasteiger partial charge in [0, 0.05) is 25.7 Å². The topological polar surface area (TPSA) is 89.9 Å². The monoisotopic (exact) mass is 286 g/mol. The molecule has 1 amide bonds. The first-order valence-corrected chi connectivity index (χ1v) is 7.30. The van der Waals surface area contributed by atoms with Crippen molar-refractivity contribution in [3.05, 3.63) is 0 Å². The third-order valence-electron chi connectivity index (χ3n) is 3.96. The zero-order valence-electron chi connectivity index (χ0n) is 12.3. The summed E-state index contributed by atoms with van der Waals surface area (Å²) in [5, 5.41) is 21.1. The van der Waals surface area contributed by atoms with Crippen molar-refractivity contribution in [2.75, 3.05) is 26.2 Å². The van der Waals surface area contributed by atoms with Gasteiger partial charge in [-0.2, -0.15) is 0 Å². The van der Waals surface area contributed by atoms with Crippen LogP contribution in [0.1, 0.15) is 33.1 Å². The summed E-state index contributed by atoms with van der Waals surface area (Å²) in [6.07, 6.45) is 1.70. The van der Waals surface area contributed by atoms with Crippen molar-refractivity contribution in [2.45, 2.75) is 39.2 Å². The summed E-state index contributed by atoms with van der Waals surface area (Å²) >= 11 is 0. The van der Waals surface area contributed by atoms with Gasteiger partial charge in [-0.1, -0.05) is 13.8 Å². The highest BCUT2D eigenvalue weighted by Gasteiger charge is 2.27. The van der Waals surface area contributed by atoms with Crippen molar-refractivity contribution in [1.29, 1.82) is 0 Å². The maximum atomic E-state index is 12.1. The van der Waals surface area contributed by atoms with E-state index in [4.69, 9.17) is 10.2 Å². The van der Waals surface area contributed by atoms with Crippen molar-refractivity contribution in [3.8, 4) is 0 Å². The molecule has 3 N–H and O–H groups in total. The minimum atomic E-state index is -0.766. The average molecular weight is 286 g/mol. The number of carboxylic acids is 1. The van der Waals surface area contributed by atoms with E-state index in [-0.39, 0.29) is 31.0 Å². The summed E-state index contributed by atoms with van der Waals surface area (Å²) in [4.78, 5) is 24.6. The van der Waals surface area contributed by atoms with Crippen LogP contribution in [0, 0.1) is 11.8 Å². The number of likely N-dealkylation sites (tertiary alicyclic amines) is 1. The molecule has 1 aliphatic heterocycles. The molecular formula is C14H26N2O4. The smallest absolute Gasteiger partial charge is 0.306 e.